The van der Waals surface area contributed by atoms with Crippen molar-refractivity contribution in [2.24, 2.45) is 0 Å². The highest BCUT2D eigenvalue weighted by Crippen LogP contribution is 2.15. The summed E-state index contributed by atoms with van der Waals surface area (Å²) in [6.07, 6.45) is 1.63. The van der Waals surface area contributed by atoms with Gasteiger partial charge < -0.3 is 0 Å². The van der Waals surface area contributed by atoms with Crippen molar-refractivity contribution in [1.82, 2.24) is 0 Å². The van der Waals surface area contributed by atoms with Crippen molar-refractivity contribution in [2.45, 2.75) is 12.8 Å². The van der Waals surface area contributed by atoms with E-state index >= 15 is 0 Å². The van der Waals surface area contributed by atoms with Crippen LogP contribution in [0.25, 0.3) is 0 Å². The monoisotopic (exact) mass is 215 g/mol. The van der Waals surface area contributed by atoms with Crippen LogP contribution in [-0.2, 0) is 6.42 Å². The second-order valence-electron chi connectivity index (χ2n) is 2.38. The van der Waals surface area contributed by atoms with Crippen LogP contribution in [0.1, 0.15) is 12.0 Å². The first-order chi connectivity index (χ1) is 5.22. The fraction of sp³-hybridized carbons (Fsp3) is 0.222. The van der Waals surface area contributed by atoms with Gasteiger partial charge in [0.15, 0.2) is 0 Å². The summed E-state index contributed by atoms with van der Waals surface area (Å²) in [6.45, 7) is 3.70. The first-order valence-electron chi connectivity index (χ1n) is 3.46. The van der Waals surface area contributed by atoms with Gasteiger partial charge in [-0.25, -0.2) is 4.39 Å². The Morgan fingerprint density at radius 3 is 2.64 bits per heavy atom. The third-order valence-corrected chi connectivity index (χ3v) is 1.85. The van der Waals surface area contributed by atoms with E-state index in [0.29, 0.717) is 0 Å². The lowest BCUT2D eigenvalue weighted by molar-refractivity contribution is 0.624. The van der Waals surface area contributed by atoms with E-state index in [1.54, 1.807) is 0 Å². The van der Waals surface area contributed by atoms with E-state index in [2.05, 4.69) is 22.9 Å². The molecule has 59 valence electrons. The van der Waals surface area contributed by atoms with Crippen LogP contribution in [0, 0.1) is 12.7 Å². The number of aryl methyl sites for hydroxylation is 1. The molecule has 1 aromatic carbocycles. The average molecular weight is 216 g/mol. The van der Waals surface area contributed by atoms with E-state index in [4.69, 9.17) is 0 Å². The highest BCUT2D eigenvalue weighted by molar-refractivity contribution is 9.10. The van der Waals surface area contributed by atoms with Crippen LogP contribution in [-0.4, -0.2) is 0 Å². The van der Waals surface area contributed by atoms with Gasteiger partial charge in [-0.2, -0.15) is 0 Å². The van der Waals surface area contributed by atoms with Crippen LogP contribution in [0.4, 0.5) is 4.39 Å². The van der Waals surface area contributed by atoms with Crippen molar-refractivity contribution >= 4 is 15.9 Å². The Kier molecular flexibility index (Phi) is 3.06. The topological polar surface area (TPSA) is 0 Å². The van der Waals surface area contributed by atoms with Gasteiger partial charge in [-0.05, 0) is 36.6 Å². The van der Waals surface area contributed by atoms with E-state index in [9.17, 15) is 4.39 Å². The van der Waals surface area contributed by atoms with Crippen molar-refractivity contribution in [3.63, 3.8) is 0 Å². The maximum atomic E-state index is 12.7. The normalized spacial score (nSPS) is 10.1. The van der Waals surface area contributed by atoms with Crippen molar-refractivity contribution in [2.75, 3.05) is 0 Å². The molecule has 0 spiro atoms. The molecule has 2 heteroatoms. The summed E-state index contributed by atoms with van der Waals surface area (Å²) in [7, 11) is 0. The molecular formula is C9H9BrF. The van der Waals surface area contributed by atoms with Crippen molar-refractivity contribution in [3.8, 4) is 0 Å². The molecule has 0 amide bonds. The lowest BCUT2D eigenvalue weighted by Gasteiger charge is -1.99. The minimum Gasteiger partial charge on any atom is -0.207 e. The molecule has 1 rings (SSSR count). The third kappa shape index (κ3) is 2.62. The summed E-state index contributed by atoms with van der Waals surface area (Å²) in [5, 5.41) is 0. The number of halogens is 2. The zero-order chi connectivity index (χ0) is 8.27. The Morgan fingerprint density at radius 1 is 1.36 bits per heavy atom. The highest BCUT2D eigenvalue weighted by Gasteiger charge is 1.96. The number of benzene rings is 1. The quantitative estimate of drug-likeness (QED) is 0.711. The SMILES string of the molecule is [CH2]CCc1cc(F)cc(Br)c1. The van der Waals surface area contributed by atoms with Crippen molar-refractivity contribution in [3.05, 3.63) is 41.0 Å². The molecule has 0 saturated carbocycles. The molecule has 0 nitrogen and oxygen atoms in total. The summed E-state index contributed by atoms with van der Waals surface area (Å²) in [4.78, 5) is 0. The lowest BCUT2D eigenvalue weighted by Crippen LogP contribution is -1.84. The minimum absolute atomic E-state index is 0.192. The molecule has 0 N–H and O–H groups in total. The highest BCUT2D eigenvalue weighted by atomic mass is 79.9. The Labute approximate surface area is 74.6 Å². The summed E-state index contributed by atoms with van der Waals surface area (Å²) < 4.78 is 13.5. The van der Waals surface area contributed by atoms with E-state index in [1.165, 1.54) is 12.1 Å². The molecule has 0 aromatic heterocycles. The minimum atomic E-state index is -0.192. The largest absolute Gasteiger partial charge is 0.207 e. The second-order valence-corrected chi connectivity index (χ2v) is 3.30. The van der Waals surface area contributed by atoms with Gasteiger partial charge >= 0.3 is 0 Å². The van der Waals surface area contributed by atoms with Gasteiger partial charge in [0.05, 0.1) is 0 Å². The molecule has 0 aliphatic rings. The maximum Gasteiger partial charge on any atom is 0.124 e. The van der Waals surface area contributed by atoms with Crippen LogP contribution in [0.5, 0.6) is 0 Å². The van der Waals surface area contributed by atoms with Crippen LogP contribution >= 0.6 is 15.9 Å². The van der Waals surface area contributed by atoms with Crippen molar-refractivity contribution < 1.29 is 4.39 Å². The predicted octanol–water partition coefficient (Wildman–Crippen LogP) is 3.35. The average Bonchev–Trinajstić information content (AvgIpc) is 1.85. The molecule has 0 heterocycles. The van der Waals surface area contributed by atoms with E-state index in [-0.39, 0.29) is 5.82 Å². The fourth-order valence-electron chi connectivity index (χ4n) is 0.959. The molecule has 0 unspecified atom stereocenters. The van der Waals surface area contributed by atoms with Gasteiger partial charge in [-0.1, -0.05) is 22.9 Å². The molecule has 1 radical (unpaired) electrons. The maximum absolute atomic E-state index is 12.7. The van der Waals surface area contributed by atoms with Crippen molar-refractivity contribution in [1.29, 1.82) is 0 Å². The summed E-state index contributed by atoms with van der Waals surface area (Å²) in [5.74, 6) is -0.192. The zero-order valence-corrected chi connectivity index (χ0v) is 7.70. The Morgan fingerprint density at radius 2 is 2.09 bits per heavy atom. The van der Waals surface area contributed by atoms with E-state index in [1.807, 2.05) is 6.07 Å². The number of hydrogen-bond acceptors (Lipinski definition) is 0. The standard InChI is InChI=1S/C9H9BrF/c1-2-3-7-4-8(10)6-9(11)5-7/h4-6H,1-3H2. The number of rotatable bonds is 2. The smallest absolute Gasteiger partial charge is 0.124 e. The Balaban J connectivity index is 2.89. The molecule has 11 heavy (non-hydrogen) atoms. The second kappa shape index (κ2) is 3.86. The third-order valence-electron chi connectivity index (χ3n) is 1.39. The molecule has 0 bridgehead atoms. The lowest BCUT2D eigenvalue weighted by atomic mass is 10.1. The van der Waals surface area contributed by atoms with Crippen LogP contribution < -0.4 is 0 Å². The summed E-state index contributed by atoms with van der Waals surface area (Å²) in [5.41, 5.74) is 0.992. The van der Waals surface area contributed by atoms with Gasteiger partial charge in [-0.3, -0.25) is 0 Å². The molecule has 0 atom stereocenters. The van der Waals surface area contributed by atoms with Crippen LogP contribution in [0.2, 0.25) is 0 Å². The van der Waals surface area contributed by atoms with Gasteiger partial charge in [0.2, 0.25) is 0 Å². The van der Waals surface area contributed by atoms with Crippen LogP contribution in [0.15, 0.2) is 22.7 Å². The van der Waals surface area contributed by atoms with Gasteiger partial charge in [0.1, 0.15) is 5.82 Å². The molecule has 0 fully saturated rings. The molecular weight excluding hydrogens is 207 g/mol. The zero-order valence-electron chi connectivity index (χ0n) is 6.11. The van der Waals surface area contributed by atoms with Gasteiger partial charge in [0, 0.05) is 4.47 Å². The Bertz CT molecular complexity index is 225. The van der Waals surface area contributed by atoms with Gasteiger partial charge in [0.25, 0.3) is 0 Å². The molecule has 1 aromatic rings. The Hall–Kier alpha value is -0.370. The molecule has 0 aliphatic heterocycles. The fourth-order valence-corrected chi connectivity index (χ4v) is 1.47. The van der Waals surface area contributed by atoms with E-state index < -0.39 is 0 Å². The molecule has 0 saturated heterocycles. The van der Waals surface area contributed by atoms with Gasteiger partial charge in [-0.15, -0.1) is 0 Å². The van der Waals surface area contributed by atoms with E-state index in [0.717, 1.165) is 22.9 Å². The number of hydrogen-bond donors (Lipinski definition) is 0. The molecule has 0 aliphatic carbocycles. The predicted molar refractivity (Wildman–Crippen MR) is 47.8 cm³/mol. The first kappa shape index (κ1) is 8.72. The van der Waals surface area contributed by atoms with Crippen LogP contribution in [0.3, 0.4) is 0 Å². The first-order valence-corrected chi connectivity index (χ1v) is 4.26. The summed E-state index contributed by atoms with van der Waals surface area (Å²) >= 11 is 3.22. The summed E-state index contributed by atoms with van der Waals surface area (Å²) in [6, 6.07) is 4.90.